The van der Waals surface area contributed by atoms with Crippen molar-refractivity contribution >= 4 is 17.4 Å². The normalized spacial score (nSPS) is 11.4. The Morgan fingerprint density at radius 2 is 1.90 bits per heavy atom. The molecular weight excluding hydrogens is 272 g/mol. The van der Waals surface area contributed by atoms with Gasteiger partial charge in [0.1, 0.15) is 5.82 Å². The summed E-state index contributed by atoms with van der Waals surface area (Å²) in [6, 6.07) is 3.91. The summed E-state index contributed by atoms with van der Waals surface area (Å²) in [4.78, 5) is 8.98. The van der Waals surface area contributed by atoms with Crippen molar-refractivity contribution in [2.45, 2.75) is 20.4 Å². The first-order valence-electron chi connectivity index (χ1n) is 7.12. The summed E-state index contributed by atoms with van der Waals surface area (Å²) in [5, 5.41) is 4.11. The average molecular weight is 299 g/mol. The third-order valence-electron chi connectivity index (χ3n) is 3.02. The van der Waals surface area contributed by atoms with Gasteiger partial charge >= 0.3 is 0 Å². The Hall–Kier alpha value is -0.840. The number of halogens is 1. The topological polar surface area (TPSA) is 31.4 Å². The fourth-order valence-corrected chi connectivity index (χ4v) is 1.93. The molecule has 114 valence electrons. The summed E-state index contributed by atoms with van der Waals surface area (Å²) in [6.45, 7) is 8.01. The summed E-state index contributed by atoms with van der Waals surface area (Å²) in [5.74, 6) is 1.59. The van der Waals surface area contributed by atoms with E-state index in [-0.39, 0.29) is 0 Å². The van der Waals surface area contributed by atoms with E-state index in [2.05, 4.69) is 55.1 Å². The summed E-state index contributed by atoms with van der Waals surface area (Å²) in [6.07, 6.45) is 0. The molecule has 0 amide bonds. The quantitative estimate of drug-likeness (QED) is 0.799. The monoisotopic (exact) mass is 298 g/mol. The Labute approximate surface area is 128 Å². The standard InChI is InChI=1S/C15H27ClN4/c1-12(2)10-17-11-14-13(16)6-7-15(18-14)20(5)9-8-19(3)4/h6-7,12,17H,8-11H2,1-5H3. The molecule has 0 aliphatic rings. The number of hydrogen-bond acceptors (Lipinski definition) is 4. The van der Waals surface area contributed by atoms with E-state index in [4.69, 9.17) is 11.6 Å². The molecule has 1 aromatic heterocycles. The van der Waals surface area contributed by atoms with Crippen molar-refractivity contribution in [1.82, 2.24) is 15.2 Å². The van der Waals surface area contributed by atoms with Crippen LogP contribution in [0, 0.1) is 5.92 Å². The Kier molecular flexibility index (Phi) is 7.27. The number of nitrogens with one attached hydrogen (secondary N) is 1. The highest BCUT2D eigenvalue weighted by Crippen LogP contribution is 2.18. The first-order valence-corrected chi connectivity index (χ1v) is 7.50. The first-order chi connectivity index (χ1) is 9.40. The number of nitrogens with zero attached hydrogens (tertiary/aromatic N) is 3. The molecule has 1 heterocycles. The van der Waals surface area contributed by atoms with Crippen LogP contribution in [0.2, 0.25) is 5.02 Å². The van der Waals surface area contributed by atoms with Crippen molar-refractivity contribution in [3.63, 3.8) is 0 Å². The Bertz CT molecular complexity index is 407. The molecule has 0 atom stereocenters. The molecule has 1 aromatic rings. The van der Waals surface area contributed by atoms with Gasteiger partial charge in [-0.1, -0.05) is 25.4 Å². The minimum Gasteiger partial charge on any atom is -0.358 e. The maximum Gasteiger partial charge on any atom is 0.128 e. The second-order valence-electron chi connectivity index (χ2n) is 5.85. The lowest BCUT2D eigenvalue weighted by atomic mass is 10.2. The molecule has 0 spiro atoms. The predicted molar refractivity (Wildman–Crippen MR) is 87.6 cm³/mol. The number of rotatable bonds is 8. The number of likely N-dealkylation sites (N-methyl/N-ethyl adjacent to an activating group) is 2. The molecule has 0 saturated heterocycles. The molecule has 1 N–H and O–H groups in total. The molecule has 0 aromatic carbocycles. The van der Waals surface area contributed by atoms with Gasteiger partial charge in [-0.15, -0.1) is 0 Å². The van der Waals surface area contributed by atoms with Gasteiger partial charge in [0.05, 0.1) is 10.7 Å². The number of anilines is 1. The van der Waals surface area contributed by atoms with E-state index in [0.29, 0.717) is 12.5 Å². The molecule has 0 aliphatic carbocycles. The maximum absolute atomic E-state index is 6.21. The fourth-order valence-electron chi connectivity index (χ4n) is 1.75. The number of hydrogen-bond donors (Lipinski definition) is 1. The van der Waals surface area contributed by atoms with Crippen molar-refractivity contribution in [3.8, 4) is 0 Å². The number of aromatic nitrogens is 1. The highest BCUT2D eigenvalue weighted by Gasteiger charge is 2.08. The van der Waals surface area contributed by atoms with Gasteiger partial charge < -0.3 is 15.1 Å². The van der Waals surface area contributed by atoms with Gasteiger partial charge in [0.15, 0.2) is 0 Å². The molecular formula is C15H27ClN4. The Morgan fingerprint density at radius 3 is 2.50 bits per heavy atom. The molecule has 0 radical (unpaired) electrons. The van der Waals surface area contributed by atoms with Gasteiger partial charge in [-0.3, -0.25) is 0 Å². The van der Waals surface area contributed by atoms with E-state index in [1.807, 2.05) is 12.1 Å². The van der Waals surface area contributed by atoms with Gasteiger partial charge in [-0.05, 0) is 38.7 Å². The molecule has 0 saturated carbocycles. The van der Waals surface area contributed by atoms with Crippen molar-refractivity contribution in [2.24, 2.45) is 5.92 Å². The van der Waals surface area contributed by atoms with Crippen molar-refractivity contribution < 1.29 is 0 Å². The van der Waals surface area contributed by atoms with E-state index < -0.39 is 0 Å². The second-order valence-corrected chi connectivity index (χ2v) is 6.25. The van der Waals surface area contributed by atoms with Crippen LogP contribution in [0.5, 0.6) is 0 Å². The Balaban J connectivity index is 2.64. The van der Waals surface area contributed by atoms with Crippen molar-refractivity contribution in [1.29, 1.82) is 0 Å². The fraction of sp³-hybridized carbons (Fsp3) is 0.667. The van der Waals surface area contributed by atoms with Crippen LogP contribution in [-0.2, 0) is 6.54 Å². The maximum atomic E-state index is 6.21. The lowest BCUT2D eigenvalue weighted by molar-refractivity contribution is 0.416. The zero-order chi connectivity index (χ0) is 15.1. The summed E-state index contributed by atoms with van der Waals surface area (Å²) in [5.41, 5.74) is 0.918. The second kappa shape index (κ2) is 8.45. The van der Waals surface area contributed by atoms with Crippen LogP contribution < -0.4 is 10.2 Å². The largest absolute Gasteiger partial charge is 0.358 e. The molecule has 0 bridgehead atoms. The highest BCUT2D eigenvalue weighted by atomic mass is 35.5. The van der Waals surface area contributed by atoms with E-state index in [1.54, 1.807) is 0 Å². The van der Waals surface area contributed by atoms with Gasteiger partial charge in [-0.25, -0.2) is 4.98 Å². The van der Waals surface area contributed by atoms with Crippen LogP contribution in [0.15, 0.2) is 12.1 Å². The lowest BCUT2D eigenvalue weighted by Crippen LogP contribution is -2.29. The van der Waals surface area contributed by atoms with E-state index in [9.17, 15) is 0 Å². The van der Waals surface area contributed by atoms with Gasteiger partial charge in [0.25, 0.3) is 0 Å². The molecule has 1 rings (SSSR count). The van der Waals surface area contributed by atoms with Crippen LogP contribution >= 0.6 is 11.6 Å². The molecule has 20 heavy (non-hydrogen) atoms. The lowest BCUT2D eigenvalue weighted by Gasteiger charge is -2.21. The van der Waals surface area contributed by atoms with Crippen LogP contribution in [-0.4, -0.2) is 50.7 Å². The third kappa shape index (κ3) is 6.07. The molecule has 0 aliphatic heterocycles. The number of pyridine rings is 1. The predicted octanol–water partition coefficient (Wildman–Crippen LogP) is 2.48. The van der Waals surface area contributed by atoms with Crippen LogP contribution in [0.4, 0.5) is 5.82 Å². The van der Waals surface area contributed by atoms with Gasteiger partial charge in [0, 0.05) is 26.7 Å². The summed E-state index contributed by atoms with van der Waals surface area (Å²) in [7, 11) is 6.21. The van der Waals surface area contributed by atoms with Crippen LogP contribution in [0.25, 0.3) is 0 Å². The summed E-state index contributed by atoms with van der Waals surface area (Å²) >= 11 is 6.21. The average Bonchev–Trinajstić information content (AvgIpc) is 2.37. The third-order valence-corrected chi connectivity index (χ3v) is 3.37. The molecule has 0 fully saturated rings. The van der Waals surface area contributed by atoms with Gasteiger partial charge in [0.2, 0.25) is 0 Å². The summed E-state index contributed by atoms with van der Waals surface area (Å²) < 4.78 is 0. The molecule has 0 unspecified atom stereocenters. The van der Waals surface area contributed by atoms with Gasteiger partial charge in [-0.2, -0.15) is 0 Å². The van der Waals surface area contributed by atoms with Crippen molar-refractivity contribution in [2.75, 3.05) is 45.7 Å². The smallest absolute Gasteiger partial charge is 0.128 e. The minimum absolute atomic E-state index is 0.625. The van der Waals surface area contributed by atoms with E-state index in [1.165, 1.54) is 0 Å². The van der Waals surface area contributed by atoms with E-state index in [0.717, 1.165) is 36.2 Å². The van der Waals surface area contributed by atoms with Crippen molar-refractivity contribution in [3.05, 3.63) is 22.8 Å². The Morgan fingerprint density at radius 1 is 1.20 bits per heavy atom. The zero-order valence-corrected chi connectivity index (χ0v) is 14.0. The zero-order valence-electron chi connectivity index (χ0n) is 13.3. The van der Waals surface area contributed by atoms with Crippen LogP contribution in [0.3, 0.4) is 0 Å². The minimum atomic E-state index is 0.625. The van der Waals surface area contributed by atoms with Crippen LogP contribution in [0.1, 0.15) is 19.5 Å². The SMILES string of the molecule is CC(C)CNCc1nc(N(C)CCN(C)C)ccc1Cl. The molecule has 5 heteroatoms. The highest BCUT2D eigenvalue weighted by molar-refractivity contribution is 6.31. The first kappa shape index (κ1) is 17.2. The van der Waals surface area contributed by atoms with E-state index >= 15 is 0 Å². The molecule has 4 nitrogen and oxygen atoms in total.